The first-order valence-corrected chi connectivity index (χ1v) is 6.58. The quantitative estimate of drug-likeness (QED) is 0.605. The van der Waals surface area contributed by atoms with E-state index in [9.17, 15) is 15.3 Å². The van der Waals surface area contributed by atoms with E-state index in [2.05, 4.69) is 0 Å². The maximum absolute atomic E-state index is 10.2. The van der Waals surface area contributed by atoms with E-state index in [0.717, 1.165) is 24.2 Å². The van der Waals surface area contributed by atoms with Gasteiger partial charge >= 0.3 is 0 Å². The maximum atomic E-state index is 10.2. The third-order valence-corrected chi connectivity index (χ3v) is 3.46. The van der Waals surface area contributed by atoms with Crippen LogP contribution in [0, 0.1) is 0 Å². The Morgan fingerprint density at radius 1 is 1.32 bits per heavy atom. The molecule has 0 radical (unpaired) electrons. The van der Waals surface area contributed by atoms with Crippen molar-refractivity contribution < 1.29 is 20.4 Å². The van der Waals surface area contributed by atoms with Crippen LogP contribution in [0.1, 0.15) is 18.1 Å². The standard InChI is InChI=1S/C14H21NO4/c1-9(17)7-15-5-4-12-13(15)3-2-10(14(12)19)6-11(18)8-16/h2-3,9,11,16-19H,4-8H2,1H3. The summed E-state index contributed by atoms with van der Waals surface area (Å²) in [5, 5.41) is 38.0. The second kappa shape index (κ2) is 5.77. The van der Waals surface area contributed by atoms with E-state index in [0.29, 0.717) is 12.1 Å². The summed E-state index contributed by atoms with van der Waals surface area (Å²) >= 11 is 0. The second-order valence-electron chi connectivity index (χ2n) is 5.16. The Kier molecular flexibility index (Phi) is 4.29. The van der Waals surface area contributed by atoms with Gasteiger partial charge in [-0.3, -0.25) is 0 Å². The van der Waals surface area contributed by atoms with Gasteiger partial charge in [-0.05, 0) is 25.0 Å². The van der Waals surface area contributed by atoms with E-state index in [1.54, 1.807) is 13.0 Å². The number of anilines is 1. The van der Waals surface area contributed by atoms with Crippen LogP contribution in [0.25, 0.3) is 0 Å². The highest BCUT2D eigenvalue weighted by Gasteiger charge is 2.24. The number of nitrogens with zero attached hydrogens (tertiary/aromatic N) is 1. The van der Waals surface area contributed by atoms with Crippen LogP contribution < -0.4 is 4.90 Å². The molecule has 2 atom stereocenters. The van der Waals surface area contributed by atoms with Crippen molar-refractivity contribution in [2.24, 2.45) is 0 Å². The van der Waals surface area contributed by atoms with Gasteiger partial charge in [0.1, 0.15) is 5.75 Å². The summed E-state index contributed by atoms with van der Waals surface area (Å²) in [6.07, 6.45) is -0.286. The highest BCUT2D eigenvalue weighted by molar-refractivity contribution is 5.65. The molecule has 0 bridgehead atoms. The smallest absolute Gasteiger partial charge is 0.124 e. The van der Waals surface area contributed by atoms with Crippen molar-refractivity contribution in [3.8, 4) is 5.75 Å². The van der Waals surface area contributed by atoms with Crippen molar-refractivity contribution in [1.29, 1.82) is 0 Å². The fraction of sp³-hybridized carbons (Fsp3) is 0.571. The Balaban J connectivity index is 2.22. The number of aliphatic hydroxyl groups excluding tert-OH is 3. The highest BCUT2D eigenvalue weighted by Crippen LogP contribution is 2.37. The zero-order valence-electron chi connectivity index (χ0n) is 11.1. The predicted molar refractivity (Wildman–Crippen MR) is 72.5 cm³/mol. The average Bonchev–Trinajstić information content (AvgIpc) is 2.76. The first kappa shape index (κ1) is 14.1. The van der Waals surface area contributed by atoms with Gasteiger partial charge in [0.2, 0.25) is 0 Å². The molecule has 1 aromatic rings. The molecule has 2 unspecified atom stereocenters. The Bertz CT molecular complexity index is 447. The molecule has 1 aromatic carbocycles. The van der Waals surface area contributed by atoms with Gasteiger partial charge in [0.25, 0.3) is 0 Å². The first-order chi connectivity index (χ1) is 9.02. The second-order valence-corrected chi connectivity index (χ2v) is 5.16. The minimum atomic E-state index is -0.848. The van der Waals surface area contributed by atoms with Crippen molar-refractivity contribution in [2.45, 2.75) is 32.0 Å². The lowest BCUT2D eigenvalue weighted by Crippen LogP contribution is -2.29. The van der Waals surface area contributed by atoms with Gasteiger partial charge in [0, 0.05) is 30.8 Å². The van der Waals surface area contributed by atoms with Crippen LogP contribution in [0.5, 0.6) is 5.75 Å². The molecule has 0 saturated heterocycles. The average molecular weight is 267 g/mol. The Hall–Kier alpha value is -1.30. The van der Waals surface area contributed by atoms with Crippen LogP contribution >= 0.6 is 0 Å². The lowest BCUT2D eigenvalue weighted by atomic mass is 10.0. The molecule has 1 aliphatic heterocycles. The van der Waals surface area contributed by atoms with Crippen LogP contribution in [-0.4, -0.2) is 52.3 Å². The molecule has 19 heavy (non-hydrogen) atoms. The molecule has 106 valence electrons. The SMILES string of the molecule is CC(O)CN1CCc2c1ccc(CC(O)CO)c2O. The molecule has 1 aliphatic rings. The topological polar surface area (TPSA) is 84.2 Å². The zero-order chi connectivity index (χ0) is 14.0. The number of β-amino-alcohol motifs (C(OH)–C–C–N with tert-alkyl or cyclic N) is 1. The monoisotopic (exact) mass is 267 g/mol. The number of rotatable bonds is 5. The van der Waals surface area contributed by atoms with Crippen molar-refractivity contribution in [3.63, 3.8) is 0 Å². The normalized spacial score (nSPS) is 17.4. The number of fused-ring (bicyclic) bond motifs is 1. The van der Waals surface area contributed by atoms with Crippen LogP contribution in [-0.2, 0) is 12.8 Å². The van der Waals surface area contributed by atoms with Crippen molar-refractivity contribution in [3.05, 3.63) is 23.3 Å². The van der Waals surface area contributed by atoms with Crippen LogP contribution in [0.2, 0.25) is 0 Å². The van der Waals surface area contributed by atoms with Gasteiger partial charge in [-0.1, -0.05) is 6.07 Å². The van der Waals surface area contributed by atoms with E-state index in [1.165, 1.54) is 0 Å². The lowest BCUT2D eigenvalue weighted by molar-refractivity contribution is 0.0950. The van der Waals surface area contributed by atoms with Crippen molar-refractivity contribution >= 4 is 5.69 Å². The van der Waals surface area contributed by atoms with E-state index in [-0.39, 0.29) is 18.8 Å². The number of aliphatic hydroxyl groups is 3. The number of hydrogen-bond donors (Lipinski definition) is 4. The lowest BCUT2D eigenvalue weighted by Gasteiger charge is -2.21. The predicted octanol–water partition coefficient (Wildman–Crippen LogP) is 0.0312. The van der Waals surface area contributed by atoms with E-state index >= 15 is 0 Å². The molecule has 5 heteroatoms. The Morgan fingerprint density at radius 2 is 2.05 bits per heavy atom. The van der Waals surface area contributed by atoms with Gasteiger partial charge in [0.05, 0.1) is 18.8 Å². The fourth-order valence-corrected chi connectivity index (χ4v) is 2.58. The molecular weight excluding hydrogens is 246 g/mol. The number of phenolic OH excluding ortho intramolecular Hbond substituents is 1. The van der Waals surface area contributed by atoms with Crippen molar-refractivity contribution in [2.75, 3.05) is 24.6 Å². The Labute approximate surface area is 112 Å². The molecule has 0 saturated carbocycles. The summed E-state index contributed by atoms with van der Waals surface area (Å²) in [6, 6.07) is 3.68. The zero-order valence-corrected chi connectivity index (χ0v) is 11.1. The van der Waals surface area contributed by atoms with Crippen LogP contribution in [0.3, 0.4) is 0 Å². The van der Waals surface area contributed by atoms with Gasteiger partial charge in [-0.25, -0.2) is 0 Å². The molecule has 0 fully saturated rings. The summed E-state index contributed by atoms with van der Waals surface area (Å²) in [6.45, 7) is 2.75. The van der Waals surface area contributed by atoms with E-state index < -0.39 is 12.2 Å². The van der Waals surface area contributed by atoms with Crippen molar-refractivity contribution in [1.82, 2.24) is 0 Å². The third-order valence-electron chi connectivity index (χ3n) is 3.46. The minimum Gasteiger partial charge on any atom is -0.507 e. The minimum absolute atomic E-state index is 0.207. The molecule has 5 nitrogen and oxygen atoms in total. The van der Waals surface area contributed by atoms with Gasteiger partial charge in [-0.15, -0.1) is 0 Å². The summed E-state index contributed by atoms with van der Waals surface area (Å²) < 4.78 is 0. The third kappa shape index (κ3) is 3.00. The molecule has 0 aromatic heterocycles. The fourth-order valence-electron chi connectivity index (χ4n) is 2.58. The Morgan fingerprint density at radius 3 is 2.68 bits per heavy atom. The summed E-state index contributed by atoms with van der Waals surface area (Å²) in [7, 11) is 0. The van der Waals surface area contributed by atoms with Gasteiger partial charge in [0.15, 0.2) is 0 Å². The van der Waals surface area contributed by atoms with Crippen LogP contribution in [0.4, 0.5) is 5.69 Å². The summed E-state index contributed by atoms with van der Waals surface area (Å²) in [5.74, 6) is 0.207. The molecule has 2 rings (SSSR count). The largest absolute Gasteiger partial charge is 0.507 e. The highest BCUT2D eigenvalue weighted by atomic mass is 16.3. The summed E-state index contributed by atoms with van der Waals surface area (Å²) in [5.41, 5.74) is 2.46. The molecular formula is C14H21NO4. The molecule has 0 amide bonds. The van der Waals surface area contributed by atoms with Gasteiger partial charge in [-0.2, -0.15) is 0 Å². The van der Waals surface area contributed by atoms with Gasteiger partial charge < -0.3 is 25.3 Å². The molecule has 1 heterocycles. The molecule has 4 N–H and O–H groups in total. The number of aromatic hydroxyl groups is 1. The first-order valence-electron chi connectivity index (χ1n) is 6.58. The molecule has 0 aliphatic carbocycles. The van der Waals surface area contributed by atoms with E-state index in [4.69, 9.17) is 5.11 Å². The number of benzene rings is 1. The van der Waals surface area contributed by atoms with E-state index in [1.807, 2.05) is 11.0 Å². The number of phenols is 1. The number of hydrogen-bond acceptors (Lipinski definition) is 5. The summed E-state index contributed by atoms with van der Waals surface area (Å²) in [4.78, 5) is 2.05. The van der Waals surface area contributed by atoms with Crippen LogP contribution in [0.15, 0.2) is 12.1 Å². The molecule has 0 spiro atoms. The maximum Gasteiger partial charge on any atom is 0.124 e.